The van der Waals surface area contributed by atoms with E-state index in [4.69, 9.17) is 4.58 Å². The van der Waals surface area contributed by atoms with Gasteiger partial charge in [0, 0.05) is 5.39 Å². The van der Waals surface area contributed by atoms with Crippen LogP contribution in [0.1, 0.15) is 0 Å². The van der Waals surface area contributed by atoms with Crippen LogP contribution in [0.2, 0.25) is 0 Å². The Balaban J connectivity index is 2.83. The third kappa shape index (κ3) is 1.27. The van der Waals surface area contributed by atoms with Crippen molar-refractivity contribution in [1.82, 2.24) is 10.4 Å². The molecule has 0 radical (unpaired) electrons. The lowest BCUT2D eigenvalue weighted by molar-refractivity contribution is -0.00381. The van der Waals surface area contributed by atoms with Gasteiger partial charge < -0.3 is 0 Å². The highest BCUT2D eigenvalue weighted by molar-refractivity contribution is 5.74. The highest BCUT2D eigenvalue weighted by Gasteiger charge is 1.88. The molecule has 0 aliphatic rings. The van der Waals surface area contributed by atoms with E-state index in [2.05, 4.69) is 15.1 Å². The van der Waals surface area contributed by atoms with Crippen molar-refractivity contribution in [3.05, 3.63) is 36.5 Å². The summed E-state index contributed by atoms with van der Waals surface area (Å²) in [6.45, 7) is 0. The molecule has 12 heavy (non-hydrogen) atoms. The fraction of sp³-hybridized carbons (Fsp3) is 0. The van der Waals surface area contributed by atoms with Gasteiger partial charge in [-0.2, -0.15) is 0 Å². The molecule has 60 valence electrons. The fourth-order valence-electron chi connectivity index (χ4n) is 0.911. The van der Waals surface area contributed by atoms with E-state index < -0.39 is 0 Å². The molecule has 0 unspecified atom stereocenters. The van der Waals surface area contributed by atoms with Crippen molar-refractivity contribution < 1.29 is 9.26 Å². The molecule has 4 nitrogen and oxygen atoms in total. The van der Waals surface area contributed by atoms with Crippen LogP contribution in [-0.2, 0) is 0 Å². The highest BCUT2D eigenvalue weighted by Crippen LogP contribution is 2.08. The minimum atomic E-state index is 0.632. The monoisotopic (exact) mass is 162 g/mol. The second-order valence-electron chi connectivity index (χ2n) is 2.21. The first-order chi connectivity index (χ1) is 5.97. The second kappa shape index (κ2) is 3.04. The standard InChI is InChI=1S/C8H6N2O2/c1-2-4-8-7(3-1)5-6-9-10-12-11-8/h1-6H. The summed E-state index contributed by atoms with van der Waals surface area (Å²) in [6, 6.07) is 9.25. The van der Waals surface area contributed by atoms with Gasteiger partial charge in [-0.25, -0.2) is 0 Å². The van der Waals surface area contributed by atoms with Crippen LogP contribution in [0.4, 0.5) is 0 Å². The van der Waals surface area contributed by atoms with Crippen LogP contribution in [0.25, 0.3) is 11.0 Å². The van der Waals surface area contributed by atoms with Crippen molar-refractivity contribution in [3.8, 4) is 0 Å². The molecule has 1 aromatic heterocycles. The maximum absolute atomic E-state index is 4.82. The Hall–Kier alpha value is -1.84. The SMILES string of the molecule is c1ccc2oonnccc2c1. The van der Waals surface area contributed by atoms with E-state index in [9.17, 15) is 0 Å². The molecule has 0 N–H and O–H groups in total. The smallest absolute Gasteiger partial charge is 0.188 e. The molecule has 2 rings (SSSR count). The van der Waals surface area contributed by atoms with Gasteiger partial charge in [-0.1, -0.05) is 18.2 Å². The fourth-order valence-corrected chi connectivity index (χ4v) is 0.911. The number of hydrogen-bond donors (Lipinski definition) is 0. The van der Waals surface area contributed by atoms with Gasteiger partial charge in [0.2, 0.25) is 0 Å². The van der Waals surface area contributed by atoms with Crippen LogP contribution in [0.3, 0.4) is 0 Å². The van der Waals surface area contributed by atoms with Gasteiger partial charge in [0.25, 0.3) is 0 Å². The van der Waals surface area contributed by atoms with Crippen LogP contribution >= 0.6 is 0 Å². The summed E-state index contributed by atoms with van der Waals surface area (Å²) in [4.78, 5) is 0. The average Bonchev–Trinajstić information content (AvgIpc) is 2.06. The summed E-state index contributed by atoms with van der Waals surface area (Å²) in [5.74, 6) is 0. The van der Waals surface area contributed by atoms with Crippen LogP contribution in [-0.4, -0.2) is 10.4 Å². The number of aromatic nitrogens is 2. The molecule has 2 aromatic rings. The molecule has 0 bridgehead atoms. The lowest BCUT2D eigenvalue weighted by atomic mass is 10.2. The first kappa shape index (κ1) is 6.84. The van der Waals surface area contributed by atoms with Crippen LogP contribution in [0.5, 0.6) is 0 Å². The molecule has 4 heteroatoms. The molecule has 0 fully saturated rings. The van der Waals surface area contributed by atoms with E-state index in [1.807, 2.05) is 18.2 Å². The van der Waals surface area contributed by atoms with Gasteiger partial charge in [-0.15, -0.1) is 9.78 Å². The second-order valence-corrected chi connectivity index (χ2v) is 2.21. The van der Waals surface area contributed by atoms with Crippen molar-refractivity contribution in [2.75, 3.05) is 0 Å². The molecular weight excluding hydrogens is 156 g/mol. The predicted molar refractivity (Wildman–Crippen MR) is 41.7 cm³/mol. The summed E-state index contributed by atoms with van der Waals surface area (Å²) < 4.78 is 9.22. The zero-order valence-corrected chi connectivity index (χ0v) is 6.18. The number of nitrogens with zero attached hydrogens (tertiary/aromatic N) is 2. The van der Waals surface area contributed by atoms with Gasteiger partial charge in [-0.05, 0) is 12.1 Å². The first-order valence-electron chi connectivity index (χ1n) is 3.46. The number of benzene rings is 1. The van der Waals surface area contributed by atoms with Gasteiger partial charge in [0.15, 0.2) is 5.58 Å². The van der Waals surface area contributed by atoms with E-state index in [0.717, 1.165) is 5.39 Å². The molecule has 1 heterocycles. The molecule has 0 amide bonds. The van der Waals surface area contributed by atoms with E-state index in [-0.39, 0.29) is 0 Å². The molecule has 0 aliphatic heterocycles. The summed E-state index contributed by atoms with van der Waals surface area (Å²) in [5.41, 5.74) is 0.632. The zero-order valence-electron chi connectivity index (χ0n) is 6.18. The third-order valence-corrected chi connectivity index (χ3v) is 1.45. The molecule has 0 aliphatic carbocycles. The van der Waals surface area contributed by atoms with Gasteiger partial charge in [0.05, 0.1) is 11.5 Å². The van der Waals surface area contributed by atoms with Crippen molar-refractivity contribution in [2.24, 2.45) is 0 Å². The Kier molecular flexibility index (Phi) is 1.74. The quantitative estimate of drug-likeness (QED) is 0.555. The van der Waals surface area contributed by atoms with Gasteiger partial charge in [0.1, 0.15) is 0 Å². The summed E-state index contributed by atoms with van der Waals surface area (Å²) in [6.07, 6.45) is 1.54. The van der Waals surface area contributed by atoms with Crippen molar-refractivity contribution in [1.29, 1.82) is 0 Å². The Bertz CT molecular complexity index is 377. The number of para-hydroxylation sites is 1. The normalized spacial score (nSPS) is 9.67. The minimum Gasteiger partial charge on any atom is -0.265 e. The summed E-state index contributed by atoms with van der Waals surface area (Å²) in [5, 5.41) is 7.69. The van der Waals surface area contributed by atoms with E-state index in [0.29, 0.717) is 5.58 Å². The predicted octanol–water partition coefficient (Wildman–Crippen LogP) is 1.94. The lowest BCUT2D eigenvalue weighted by Crippen LogP contribution is -1.72. The molecular formula is C8H6N2O2. The maximum atomic E-state index is 4.82. The molecule has 0 saturated heterocycles. The largest absolute Gasteiger partial charge is 0.265 e. The Labute approximate surface area is 68.0 Å². The molecule has 0 saturated carbocycles. The van der Waals surface area contributed by atoms with Crippen LogP contribution < -0.4 is 0 Å². The Morgan fingerprint density at radius 1 is 1.08 bits per heavy atom. The number of hydrogen-bond acceptors (Lipinski definition) is 4. The molecule has 0 spiro atoms. The number of fused-ring (bicyclic) bond motifs is 1. The van der Waals surface area contributed by atoms with Crippen LogP contribution in [0, 0.1) is 0 Å². The highest BCUT2D eigenvalue weighted by atomic mass is 17.0. The lowest BCUT2D eigenvalue weighted by Gasteiger charge is -1.87. The van der Waals surface area contributed by atoms with Crippen molar-refractivity contribution >= 4 is 11.0 Å². The Morgan fingerprint density at radius 3 is 3.00 bits per heavy atom. The van der Waals surface area contributed by atoms with Crippen LogP contribution in [0.15, 0.2) is 45.8 Å². The zero-order chi connectivity index (χ0) is 8.23. The topological polar surface area (TPSA) is 52.1 Å². The van der Waals surface area contributed by atoms with E-state index >= 15 is 0 Å². The molecule has 1 aromatic carbocycles. The first-order valence-corrected chi connectivity index (χ1v) is 3.46. The van der Waals surface area contributed by atoms with E-state index in [1.54, 1.807) is 18.3 Å². The minimum absolute atomic E-state index is 0.632. The number of rotatable bonds is 0. The van der Waals surface area contributed by atoms with Crippen molar-refractivity contribution in [3.63, 3.8) is 0 Å². The summed E-state index contributed by atoms with van der Waals surface area (Å²) in [7, 11) is 0. The summed E-state index contributed by atoms with van der Waals surface area (Å²) >= 11 is 0. The van der Waals surface area contributed by atoms with Crippen molar-refractivity contribution in [2.45, 2.75) is 0 Å². The average molecular weight is 162 g/mol. The van der Waals surface area contributed by atoms with Gasteiger partial charge in [-0.3, -0.25) is 4.58 Å². The Morgan fingerprint density at radius 2 is 2.00 bits per heavy atom. The van der Waals surface area contributed by atoms with Gasteiger partial charge >= 0.3 is 0 Å². The molecule has 0 atom stereocenters. The van der Waals surface area contributed by atoms with E-state index in [1.165, 1.54) is 0 Å². The third-order valence-electron chi connectivity index (χ3n) is 1.45. The maximum Gasteiger partial charge on any atom is 0.188 e.